The minimum atomic E-state index is -3.34. The molecule has 0 radical (unpaired) electrons. The van der Waals surface area contributed by atoms with Crippen LogP contribution in [0.5, 0.6) is 0 Å². The Morgan fingerprint density at radius 3 is 2.18 bits per heavy atom. The van der Waals surface area contributed by atoms with Gasteiger partial charge in [0.25, 0.3) is 0 Å². The summed E-state index contributed by atoms with van der Waals surface area (Å²) in [5.74, 6) is 0. The van der Waals surface area contributed by atoms with Crippen LogP contribution in [0, 0.1) is 0 Å². The molecule has 4 nitrogen and oxygen atoms in total. The van der Waals surface area contributed by atoms with E-state index in [0.717, 1.165) is 11.3 Å². The van der Waals surface area contributed by atoms with E-state index in [1.807, 2.05) is 18.3 Å². The van der Waals surface area contributed by atoms with Gasteiger partial charge < -0.3 is 4.98 Å². The molecule has 0 aliphatic rings. The van der Waals surface area contributed by atoms with E-state index in [1.165, 1.54) is 18.4 Å². The van der Waals surface area contributed by atoms with Crippen molar-refractivity contribution in [2.24, 2.45) is 0 Å². The van der Waals surface area contributed by atoms with Gasteiger partial charge in [0.05, 0.1) is 4.90 Å². The van der Waals surface area contributed by atoms with Crippen LogP contribution < -0.4 is 0 Å². The van der Waals surface area contributed by atoms with Gasteiger partial charge in [-0.15, -0.1) is 0 Å². The van der Waals surface area contributed by atoms with Crippen LogP contribution >= 0.6 is 0 Å². The Balaban J connectivity index is 2.38. The van der Waals surface area contributed by atoms with E-state index >= 15 is 0 Å². The molecule has 0 fully saturated rings. The van der Waals surface area contributed by atoms with Crippen molar-refractivity contribution in [1.29, 1.82) is 0 Å². The van der Waals surface area contributed by atoms with Crippen LogP contribution in [-0.2, 0) is 10.0 Å². The molecule has 0 atom stereocenters. The third-order valence-electron chi connectivity index (χ3n) is 2.54. The molecule has 0 aliphatic heterocycles. The van der Waals surface area contributed by atoms with E-state index in [2.05, 4.69) is 4.98 Å². The monoisotopic (exact) mass is 250 g/mol. The second kappa shape index (κ2) is 4.35. The van der Waals surface area contributed by atoms with E-state index in [1.54, 1.807) is 24.3 Å². The number of hydrogen-bond donors (Lipinski definition) is 1. The molecule has 5 heteroatoms. The summed E-state index contributed by atoms with van der Waals surface area (Å²) in [6.07, 6.45) is 1.83. The fourth-order valence-electron chi connectivity index (χ4n) is 1.53. The van der Waals surface area contributed by atoms with E-state index in [4.69, 9.17) is 0 Å². The maximum absolute atomic E-state index is 11.8. The van der Waals surface area contributed by atoms with Gasteiger partial charge in [-0.2, -0.15) is 0 Å². The third-order valence-corrected chi connectivity index (χ3v) is 4.37. The second-order valence-electron chi connectivity index (χ2n) is 3.90. The quantitative estimate of drug-likeness (QED) is 0.905. The minimum Gasteiger partial charge on any atom is -0.361 e. The number of rotatable bonds is 3. The second-order valence-corrected chi connectivity index (χ2v) is 6.05. The third kappa shape index (κ3) is 2.25. The van der Waals surface area contributed by atoms with Gasteiger partial charge in [-0.1, -0.05) is 12.1 Å². The summed E-state index contributed by atoms with van der Waals surface area (Å²) >= 11 is 0. The van der Waals surface area contributed by atoms with Crippen LogP contribution in [0.15, 0.2) is 47.5 Å². The van der Waals surface area contributed by atoms with Crippen LogP contribution in [0.25, 0.3) is 11.3 Å². The first-order valence-corrected chi connectivity index (χ1v) is 6.62. The summed E-state index contributed by atoms with van der Waals surface area (Å²) in [7, 11) is -0.295. The van der Waals surface area contributed by atoms with Crippen LogP contribution in [0.2, 0.25) is 0 Å². The predicted octanol–water partition coefficient (Wildman–Crippen LogP) is 1.93. The zero-order valence-electron chi connectivity index (χ0n) is 9.71. The van der Waals surface area contributed by atoms with Gasteiger partial charge >= 0.3 is 0 Å². The summed E-state index contributed by atoms with van der Waals surface area (Å²) in [5.41, 5.74) is 1.94. The van der Waals surface area contributed by atoms with Gasteiger partial charge in [0.2, 0.25) is 10.0 Å². The number of hydrogen-bond acceptors (Lipinski definition) is 2. The van der Waals surface area contributed by atoms with Crippen molar-refractivity contribution >= 4 is 10.0 Å². The molecule has 0 aliphatic carbocycles. The molecule has 0 bridgehead atoms. The topological polar surface area (TPSA) is 53.2 Å². The standard InChI is InChI=1S/C12H14N2O2S/c1-14(2)17(15,16)11-7-5-10(6-8-11)12-4-3-9-13-12/h3-9,13H,1-2H3. The molecule has 0 spiro atoms. The van der Waals surface area contributed by atoms with Gasteiger partial charge in [0.15, 0.2) is 0 Å². The fourth-order valence-corrected chi connectivity index (χ4v) is 2.43. The molecule has 0 saturated carbocycles. The van der Waals surface area contributed by atoms with E-state index in [-0.39, 0.29) is 0 Å². The van der Waals surface area contributed by atoms with Crippen molar-refractivity contribution in [1.82, 2.24) is 9.29 Å². The predicted molar refractivity (Wildman–Crippen MR) is 67.1 cm³/mol. The maximum Gasteiger partial charge on any atom is 0.242 e. The van der Waals surface area contributed by atoms with Crippen molar-refractivity contribution in [3.63, 3.8) is 0 Å². The Kier molecular flexibility index (Phi) is 3.04. The molecule has 1 aromatic carbocycles. The summed E-state index contributed by atoms with van der Waals surface area (Å²) in [6, 6.07) is 10.7. The zero-order valence-corrected chi connectivity index (χ0v) is 10.5. The Hall–Kier alpha value is -1.59. The van der Waals surface area contributed by atoms with Crippen molar-refractivity contribution in [3.05, 3.63) is 42.6 Å². The molecule has 0 unspecified atom stereocenters. The van der Waals surface area contributed by atoms with Gasteiger partial charge in [0.1, 0.15) is 0 Å². The summed E-state index contributed by atoms with van der Waals surface area (Å²) in [4.78, 5) is 3.38. The molecule has 2 aromatic rings. The van der Waals surface area contributed by atoms with Crippen molar-refractivity contribution in [2.75, 3.05) is 14.1 Å². The zero-order chi connectivity index (χ0) is 12.5. The number of aromatic nitrogens is 1. The Morgan fingerprint density at radius 1 is 1.06 bits per heavy atom. The Labute approximate surface area is 101 Å². The highest BCUT2D eigenvalue weighted by atomic mass is 32.2. The van der Waals surface area contributed by atoms with Gasteiger partial charge in [-0.3, -0.25) is 0 Å². The molecular weight excluding hydrogens is 236 g/mol. The van der Waals surface area contributed by atoms with Crippen molar-refractivity contribution in [2.45, 2.75) is 4.90 Å². The highest BCUT2D eigenvalue weighted by Gasteiger charge is 2.16. The number of nitrogens with one attached hydrogen (secondary N) is 1. The number of benzene rings is 1. The summed E-state index contributed by atoms with van der Waals surface area (Å²) < 4.78 is 24.9. The number of aromatic amines is 1. The lowest BCUT2D eigenvalue weighted by atomic mass is 10.2. The minimum absolute atomic E-state index is 0.304. The largest absolute Gasteiger partial charge is 0.361 e. The van der Waals surface area contributed by atoms with Gasteiger partial charge in [-0.05, 0) is 29.8 Å². The van der Waals surface area contributed by atoms with E-state index < -0.39 is 10.0 Å². The average Bonchev–Trinajstić information content (AvgIpc) is 2.82. The first-order chi connectivity index (χ1) is 8.01. The highest BCUT2D eigenvalue weighted by molar-refractivity contribution is 7.89. The van der Waals surface area contributed by atoms with E-state index in [9.17, 15) is 8.42 Å². The molecule has 1 aromatic heterocycles. The van der Waals surface area contributed by atoms with E-state index in [0.29, 0.717) is 4.90 Å². The average molecular weight is 250 g/mol. The lowest BCUT2D eigenvalue weighted by Gasteiger charge is -2.11. The van der Waals surface area contributed by atoms with Crippen LogP contribution in [-0.4, -0.2) is 31.8 Å². The molecule has 0 saturated heterocycles. The molecular formula is C12H14N2O2S. The normalized spacial score (nSPS) is 11.9. The first kappa shape index (κ1) is 11.9. The number of sulfonamides is 1. The van der Waals surface area contributed by atoms with Gasteiger partial charge in [-0.25, -0.2) is 12.7 Å². The van der Waals surface area contributed by atoms with Gasteiger partial charge in [0, 0.05) is 26.0 Å². The molecule has 2 rings (SSSR count). The Bertz CT molecular complexity index is 584. The molecule has 1 heterocycles. The lowest BCUT2D eigenvalue weighted by Crippen LogP contribution is -2.22. The molecule has 1 N–H and O–H groups in total. The number of nitrogens with zero attached hydrogens (tertiary/aromatic N) is 1. The highest BCUT2D eigenvalue weighted by Crippen LogP contribution is 2.20. The SMILES string of the molecule is CN(C)S(=O)(=O)c1ccc(-c2ccc[nH]2)cc1. The molecule has 17 heavy (non-hydrogen) atoms. The summed E-state index contributed by atoms with van der Waals surface area (Å²) in [5, 5.41) is 0. The van der Waals surface area contributed by atoms with Crippen molar-refractivity contribution < 1.29 is 8.42 Å². The fraction of sp³-hybridized carbons (Fsp3) is 0.167. The van der Waals surface area contributed by atoms with Crippen LogP contribution in [0.4, 0.5) is 0 Å². The van der Waals surface area contributed by atoms with Crippen molar-refractivity contribution in [3.8, 4) is 11.3 Å². The van der Waals surface area contributed by atoms with Crippen LogP contribution in [0.1, 0.15) is 0 Å². The maximum atomic E-state index is 11.8. The lowest BCUT2D eigenvalue weighted by molar-refractivity contribution is 0.521. The first-order valence-electron chi connectivity index (χ1n) is 5.18. The van der Waals surface area contributed by atoms with Crippen LogP contribution in [0.3, 0.4) is 0 Å². The number of H-pyrrole nitrogens is 1. The Morgan fingerprint density at radius 2 is 1.71 bits per heavy atom. The molecule has 90 valence electrons. The smallest absolute Gasteiger partial charge is 0.242 e. The summed E-state index contributed by atoms with van der Waals surface area (Å²) in [6.45, 7) is 0. The molecule has 0 amide bonds.